The highest BCUT2D eigenvalue weighted by Crippen LogP contribution is 2.30. The lowest BCUT2D eigenvalue weighted by Gasteiger charge is -2.35. The molecule has 2 unspecified atom stereocenters. The summed E-state index contributed by atoms with van der Waals surface area (Å²) in [5, 5.41) is 7.75. The van der Waals surface area contributed by atoms with E-state index in [0.717, 1.165) is 47.6 Å². The molecule has 0 aliphatic rings. The van der Waals surface area contributed by atoms with Crippen LogP contribution in [0.3, 0.4) is 0 Å². The summed E-state index contributed by atoms with van der Waals surface area (Å²) < 4.78 is 5.46. The molecule has 0 aromatic heterocycles. The molecule has 3 aromatic carbocycles. The smallest absolute Gasteiger partial charge is 0.408 e. The molecule has 0 saturated carbocycles. The van der Waals surface area contributed by atoms with Gasteiger partial charge in [-0.15, -0.1) is 0 Å². The fourth-order valence-electron chi connectivity index (χ4n) is 5.44. The lowest BCUT2D eigenvalue weighted by atomic mass is 9.94. The maximum Gasteiger partial charge on any atom is 0.408 e. The minimum Gasteiger partial charge on any atom is -0.444 e. The van der Waals surface area contributed by atoms with Crippen molar-refractivity contribution >= 4 is 40.3 Å². The summed E-state index contributed by atoms with van der Waals surface area (Å²) in [7, 11) is 0. The molecule has 0 radical (unpaired) electrons. The number of alkyl carbamates (subject to hydrolysis) is 1. The number of rotatable bonds is 15. The van der Waals surface area contributed by atoms with E-state index in [1.165, 1.54) is 0 Å². The molecule has 4 amide bonds. The maximum atomic E-state index is 14.5. The molecule has 0 spiro atoms. The number of amides is 4. The van der Waals surface area contributed by atoms with E-state index in [-0.39, 0.29) is 25.3 Å². The van der Waals surface area contributed by atoms with Gasteiger partial charge in [-0.2, -0.15) is 0 Å². The van der Waals surface area contributed by atoms with E-state index in [9.17, 15) is 19.2 Å². The first kappa shape index (κ1) is 36.1. The van der Waals surface area contributed by atoms with E-state index in [4.69, 9.17) is 10.5 Å². The highest BCUT2D eigenvalue weighted by Gasteiger charge is 2.37. The second-order valence-electron chi connectivity index (χ2n) is 12.9. The minimum atomic E-state index is -1.14. The second-order valence-corrected chi connectivity index (χ2v) is 12.9. The van der Waals surface area contributed by atoms with Crippen LogP contribution in [-0.2, 0) is 19.1 Å². The van der Waals surface area contributed by atoms with Crippen molar-refractivity contribution in [3.05, 3.63) is 77.4 Å². The van der Waals surface area contributed by atoms with Crippen molar-refractivity contribution < 1.29 is 23.9 Å². The van der Waals surface area contributed by atoms with Gasteiger partial charge >= 0.3 is 6.09 Å². The molecule has 3 aromatic rings. The Morgan fingerprint density at radius 1 is 0.891 bits per heavy atom. The van der Waals surface area contributed by atoms with E-state index in [1.807, 2.05) is 74.5 Å². The lowest BCUT2D eigenvalue weighted by Crippen LogP contribution is -2.53. The predicted octanol–water partition coefficient (Wildman–Crippen LogP) is 7.09. The summed E-state index contributed by atoms with van der Waals surface area (Å²) in [5.41, 5.74) is 7.82. The van der Waals surface area contributed by atoms with Crippen molar-refractivity contribution in [3.63, 3.8) is 0 Å². The van der Waals surface area contributed by atoms with E-state index >= 15 is 0 Å². The molecular formula is C37H50N4O5. The fourth-order valence-corrected chi connectivity index (χ4v) is 5.44. The Balaban J connectivity index is 2.08. The van der Waals surface area contributed by atoms with Crippen LogP contribution in [-0.4, -0.2) is 46.9 Å². The molecule has 3 rings (SSSR count). The zero-order chi connectivity index (χ0) is 33.9. The number of hydrogen-bond donors (Lipinski definition) is 3. The first-order chi connectivity index (χ1) is 21.8. The molecule has 0 aliphatic carbocycles. The van der Waals surface area contributed by atoms with Crippen molar-refractivity contribution in [2.75, 3.05) is 11.9 Å². The number of anilines is 1. The number of nitrogens with one attached hydrogen (secondary N) is 2. The SMILES string of the molecule is CCCCCCCN(C(=O)C(CCC(N)=O)NC(=O)OC(C)(C)C)C(C(=O)Nc1ccc2ccccc2c1)c1cccc(C)c1C. The Kier molecular flexibility index (Phi) is 13.2. The van der Waals surface area contributed by atoms with Gasteiger partial charge in [-0.05, 0) is 87.1 Å². The number of primary amides is 1. The minimum absolute atomic E-state index is 0.0362. The van der Waals surface area contributed by atoms with Gasteiger partial charge in [0.2, 0.25) is 11.8 Å². The average molecular weight is 631 g/mol. The molecule has 0 fully saturated rings. The molecule has 4 N–H and O–H groups in total. The Morgan fingerprint density at radius 2 is 1.59 bits per heavy atom. The first-order valence-electron chi connectivity index (χ1n) is 16.2. The van der Waals surface area contributed by atoms with Gasteiger partial charge in [0, 0.05) is 18.7 Å². The third-order valence-electron chi connectivity index (χ3n) is 7.97. The Hall–Kier alpha value is -4.40. The van der Waals surface area contributed by atoms with Crippen molar-refractivity contribution in [1.29, 1.82) is 0 Å². The third kappa shape index (κ3) is 10.6. The number of carbonyl (C=O) groups is 4. The number of aryl methyl sites for hydroxylation is 1. The Bertz CT molecular complexity index is 1510. The van der Waals surface area contributed by atoms with Gasteiger partial charge in [0.15, 0.2) is 0 Å². The second kappa shape index (κ2) is 16.8. The maximum absolute atomic E-state index is 14.5. The van der Waals surface area contributed by atoms with Crippen LogP contribution < -0.4 is 16.4 Å². The number of fused-ring (bicyclic) bond motifs is 1. The normalized spacial score (nSPS) is 12.7. The summed E-state index contributed by atoms with van der Waals surface area (Å²) in [6.07, 6.45) is 3.70. The van der Waals surface area contributed by atoms with Crippen molar-refractivity contribution in [1.82, 2.24) is 10.2 Å². The first-order valence-corrected chi connectivity index (χ1v) is 16.2. The molecule has 0 bridgehead atoms. The number of unbranched alkanes of at least 4 members (excludes halogenated alkanes) is 4. The number of benzene rings is 3. The van der Waals surface area contributed by atoms with Crippen LogP contribution in [0.25, 0.3) is 10.8 Å². The van der Waals surface area contributed by atoms with Crippen LogP contribution in [0.1, 0.15) is 95.4 Å². The highest BCUT2D eigenvalue weighted by atomic mass is 16.6. The summed E-state index contributed by atoms with van der Waals surface area (Å²) in [6.45, 7) is 11.5. The van der Waals surface area contributed by atoms with Crippen LogP contribution in [0.2, 0.25) is 0 Å². The fraction of sp³-hybridized carbons (Fsp3) is 0.459. The average Bonchev–Trinajstić information content (AvgIpc) is 2.99. The van der Waals surface area contributed by atoms with Gasteiger partial charge in [-0.1, -0.05) is 81.1 Å². The molecule has 2 atom stereocenters. The van der Waals surface area contributed by atoms with Gasteiger partial charge in [0.1, 0.15) is 17.7 Å². The molecule has 46 heavy (non-hydrogen) atoms. The van der Waals surface area contributed by atoms with Crippen molar-refractivity contribution in [2.24, 2.45) is 5.73 Å². The number of nitrogens with two attached hydrogens (primary N) is 1. The van der Waals surface area contributed by atoms with Crippen molar-refractivity contribution in [2.45, 2.75) is 104 Å². The van der Waals surface area contributed by atoms with Crippen LogP contribution in [0.4, 0.5) is 10.5 Å². The Morgan fingerprint density at radius 3 is 2.26 bits per heavy atom. The molecular weight excluding hydrogens is 580 g/mol. The molecule has 9 nitrogen and oxygen atoms in total. The van der Waals surface area contributed by atoms with Gasteiger partial charge in [-0.3, -0.25) is 14.4 Å². The number of hydrogen-bond acceptors (Lipinski definition) is 5. The zero-order valence-corrected chi connectivity index (χ0v) is 28.2. The summed E-state index contributed by atoms with van der Waals surface area (Å²) in [4.78, 5) is 55.2. The summed E-state index contributed by atoms with van der Waals surface area (Å²) >= 11 is 0. The molecule has 0 aliphatic heterocycles. The van der Waals surface area contributed by atoms with Crippen LogP contribution in [0, 0.1) is 13.8 Å². The highest BCUT2D eigenvalue weighted by molar-refractivity contribution is 6.00. The van der Waals surface area contributed by atoms with Crippen molar-refractivity contribution in [3.8, 4) is 0 Å². The largest absolute Gasteiger partial charge is 0.444 e. The van der Waals surface area contributed by atoms with Gasteiger partial charge < -0.3 is 26.0 Å². The number of carbonyl (C=O) groups excluding carboxylic acids is 4. The number of ether oxygens (including phenoxy) is 1. The lowest BCUT2D eigenvalue weighted by molar-refractivity contribution is -0.141. The topological polar surface area (TPSA) is 131 Å². The van der Waals surface area contributed by atoms with E-state index in [1.54, 1.807) is 25.7 Å². The molecule has 9 heteroatoms. The summed E-state index contributed by atoms with van der Waals surface area (Å²) in [5.74, 6) is -1.46. The molecule has 0 heterocycles. The molecule has 248 valence electrons. The summed E-state index contributed by atoms with van der Waals surface area (Å²) in [6, 6.07) is 17.1. The van der Waals surface area contributed by atoms with E-state index < -0.39 is 35.6 Å². The van der Waals surface area contributed by atoms with Gasteiger partial charge in [0.25, 0.3) is 5.91 Å². The number of nitrogens with zero attached hydrogens (tertiary/aromatic N) is 1. The van der Waals surface area contributed by atoms with Crippen LogP contribution in [0.5, 0.6) is 0 Å². The van der Waals surface area contributed by atoms with Gasteiger partial charge in [0.05, 0.1) is 0 Å². The van der Waals surface area contributed by atoms with Gasteiger partial charge in [-0.25, -0.2) is 4.79 Å². The molecule has 0 saturated heterocycles. The van der Waals surface area contributed by atoms with Crippen LogP contribution in [0.15, 0.2) is 60.7 Å². The quantitative estimate of drug-likeness (QED) is 0.154. The third-order valence-corrected chi connectivity index (χ3v) is 7.97. The standard InChI is InChI=1S/C37H50N4O5/c1-7-8-9-10-13-23-41(35(44)31(21-22-32(38)42)40-36(45)46-37(4,5)6)33(30-18-14-15-25(2)26(30)3)34(43)39-29-20-19-27-16-11-12-17-28(27)24-29/h11-12,14-20,24,31,33H,7-10,13,21-23H2,1-6H3,(H2,38,42)(H,39,43)(H,40,45). The predicted molar refractivity (Wildman–Crippen MR) is 183 cm³/mol. The Labute approximate surface area is 273 Å². The zero-order valence-electron chi connectivity index (χ0n) is 28.2. The van der Waals surface area contributed by atoms with Crippen LogP contribution >= 0.6 is 0 Å². The van der Waals surface area contributed by atoms with E-state index in [0.29, 0.717) is 17.7 Å². The monoisotopic (exact) mass is 630 g/mol. The van der Waals surface area contributed by atoms with E-state index in [2.05, 4.69) is 17.6 Å².